The number of benzene rings is 1. The summed E-state index contributed by atoms with van der Waals surface area (Å²) < 4.78 is 49.2. The van der Waals surface area contributed by atoms with Gasteiger partial charge in [-0.2, -0.15) is 0 Å². The smallest absolute Gasteiger partial charge is 0.411 e. The molecule has 1 unspecified atom stereocenters. The average molecular weight is 730 g/mol. The molecular weight excluding hydrogens is 672 g/mol. The summed E-state index contributed by atoms with van der Waals surface area (Å²) >= 11 is 0. The highest BCUT2D eigenvalue weighted by atomic mass is 19.1. The first-order valence-electron chi connectivity index (χ1n) is 20.2. The van der Waals surface area contributed by atoms with E-state index in [1.807, 2.05) is 0 Å². The number of fused-ring (bicyclic) bond motifs is 4. The molecule has 288 valence electrons. The number of hydrogen-bond acceptors (Lipinski definition) is 8. The molecule has 4 aliphatic carbocycles. The zero-order chi connectivity index (χ0) is 36.4. The lowest BCUT2D eigenvalue weighted by molar-refractivity contribution is -0.491. The molecule has 6 saturated heterocycles. The maximum absolute atomic E-state index is 14.1. The predicted molar refractivity (Wildman–Crippen MR) is 186 cm³/mol. The maximum Gasteiger partial charge on any atom is 0.411 e. The van der Waals surface area contributed by atoms with Gasteiger partial charge in [0.1, 0.15) is 40.1 Å². The van der Waals surface area contributed by atoms with Gasteiger partial charge in [0.05, 0.1) is 24.4 Å². The molecule has 10 aliphatic rings. The Morgan fingerprint density at radius 2 is 1.29 bits per heavy atom. The lowest BCUT2D eigenvalue weighted by atomic mass is 9.55. The predicted octanol–water partition coefficient (Wildman–Crippen LogP) is 8.69. The van der Waals surface area contributed by atoms with Gasteiger partial charge >= 0.3 is 6.09 Å². The van der Waals surface area contributed by atoms with Crippen molar-refractivity contribution in [3.05, 3.63) is 29.8 Å². The summed E-state index contributed by atoms with van der Waals surface area (Å²) in [7, 11) is 0. The summed E-state index contributed by atoms with van der Waals surface area (Å²) in [5.41, 5.74) is -1.94. The maximum atomic E-state index is 14.1. The molecule has 9 nitrogen and oxygen atoms in total. The SMILES string of the molecule is C[C@H]1[C@@H](C[C@H](OC(=O)Nc2cc(F)cc(F)c2)C2O[C@@H]3C[C@]4(C)CC[C@H]5[C@H](C)CC[C@@H]([C@H]2C)[C@@]35OO4)O[C@@H]2C[C@]3(C)CC[C@H]4[C@H](C)CC[C@@H]1[C@@]24OO3. The van der Waals surface area contributed by atoms with Crippen molar-refractivity contribution in [1.82, 2.24) is 0 Å². The highest BCUT2D eigenvalue weighted by molar-refractivity contribution is 5.84. The number of anilines is 1. The van der Waals surface area contributed by atoms with E-state index in [-0.39, 0.29) is 47.7 Å². The van der Waals surface area contributed by atoms with Crippen molar-refractivity contribution in [3.8, 4) is 0 Å². The van der Waals surface area contributed by atoms with Crippen molar-refractivity contribution in [2.45, 2.75) is 165 Å². The van der Waals surface area contributed by atoms with E-state index in [0.717, 1.165) is 76.0 Å². The molecule has 6 heterocycles. The first-order chi connectivity index (χ1) is 24.7. The van der Waals surface area contributed by atoms with Crippen molar-refractivity contribution in [2.24, 2.45) is 47.3 Å². The Bertz CT molecular complexity index is 1550. The van der Waals surface area contributed by atoms with Crippen LogP contribution in [0.25, 0.3) is 0 Å². The largest absolute Gasteiger partial charge is 0.443 e. The van der Waals surface area contributed by atoms with Crippen molar-refractivity contribution in [1.29, 1.82) is 0 Å². The lowest BCUT2D eigenvalue weighted by Gasteiger charge is -2.62. The molecule has 11 rings (SSSR count). The van der Waals surface area contributed by atoms with Gasteiger partial charge < -0.3 is 14.2 Å². The Balaban J connectivity index is 1.05. The Hall–Kier alpha value is -1.89. The number of rotatable bonds is 5. The average Bonchev–Trinajstić information content (AvgIpc) is 3.45. The Kier molecular flexibility index (Phi) is 8.65. The summed E-state index contributed by atoms with van der Waals surface area (Å²) in [6.45, 7) is 13.4. The van der Waals surface area contributed by atoms with Crippen LogP contribution in [0.1, 0.15) is 112 Å². The molecule has 1 N–H and O–H groups in total. The lowest BCUT2D eigenvalue weighted by Crippen LogP contribution is -2.71. The zero-order valence-electron chi connectivity index (χ0n) is 31.5. The monoisotopic (exact) mass is 729 g/mol. The third kappa shape index (κ3) is 5.44. The molecule has 17 atom stereocenters. The van der Waals surface area contributed by atoms with Crippen molar-refractivity contribution < 1.29 is 47.3 Å². The molecule has 1 amide bonds. The second-order valence-electron chi connectivity index (χ2n) is 18.9. The van der Waals surface area contributed by atoms with E-state index in [1.54, 1.807) is 0 Å². The fraction of sp³-hybridized carbons (Fsp3) is 0.829. The first-order valence-corrected chi connectivity index (χ1v) is 20.2. The fourth-order valence-corrected chi connectivity index (χ4v) is 13.1. The fourth-order valence-electron chi connectivity index (χ4n) is 13.1. The minimum Gasteiger partial charge on any atom is -0.443 e. The first kappa shape index (κ1) is 35.8. The summed E-state index contributed by atoms with van der Waals surface area (Å²) in [5, 5.41) is 2.60. The van der Waals surface area contributed by atoms with Gasteiger partial charge in [0.2, 0.25) is 0 Å². The Morgan fingerprint density at radius 1 is 0.750 bits per heavy atom. The van der Waals surface area contributed by atoms with Gasteiger partial charge in [-0.1, -0.05) is 27.7 Å². The summed E-state index contributed by atoms with van der Waals surface area (Å²) in [5.74, 6) is 0.519. The van der Waals surface area contributed by atoms with Gasteiger partial charge in [-0.15, -0.1) is 0 Å². The van der Waals surface area contributed by atoms with Gasteiger partial charge in [-0.05, 0) is 125 Å². The molecular formula is C41H57F2NO8. The van der Waals surface area contributed by atoms with Gasteiger partial charge in [-0.25, -0.2) is 33.1 Å². The van der Waals surface area contributed by atoms with Gasteiger partial charge in [0.25, 0.3) is 0 Å². The molecule has 1 aromatic rings. The van der Waals surface area contributed by atoms with Crippen molar-refractivity contribution in [2.75, 3.05) is 5.32 Å². The number of carbonyl (C=O) groups excluding carboxylic acids is 1. The normalized spacial score (nSPS) is 51.0. The highest BCUT2D eigenvalue weighted by Crippen LogP contribution is 2.64. The quantitative estimate of drug-likeness (QED) is 0.301. The van der Waals surface area contributed by atoms with Crippen LogP contribution in [-0.2, 0) is 33.8 Å². The van der Waals surface area contributed by atoms with Crippen LogP contribution < -0.4 is 5.32 Å². The Labute approximate surface area is 306 Å². The number of carbonyl (C=O) groups is 1. The van der Waals surface area contributed by atoms with E-state index in [2.05, 4.69) is 46.9 Å². The third-order valence-corrected chi connectivity index (χ3v) is 15.8. The molecule has 10 fully saturated rings. The molecule has 2 spiro atoms. The molecule has 11 heteroatoms. The van der Waals surface area contributed by atoms with E-state index < -0.39 is 52.3 Å². The van der Waals surface area contributed by atoms with Crippen LogP contribution in [0.5, 0.6) is 0 Å². The van der Waals surface area contributed by atoms with Gasteiger partial charge in [0.15, 0.2) is 0 Å². The molecule has 1 aromatic carbocycles. The molecule has 6 aliphatic heterocycles. The van der Waals surface area contributed by atoms with Crippen LogP contribution in [0.4, 0.5) is 19.3 Å². The van der Waals surface area contributed by atoms with Crippen LogP contribution in [-0.4, -0.2) is 59.0 Å². The van der Waals surface area contributed by atoms with Crippen LogP contribution in [0, 0.1) is 59.0 Å². The van der Waals surface area contributed by atoms with E-state index in [4.69, 9.17) is 33.8 Å². The number of hydrogen-bond donors (Lipinski definition) is 1. The van der Waals surface area contributed by atoms with E-state index in [0.29, 0.717) is 36.5 Å². The second kappa shape index (κ2) is 12.6. The number of ether oxygens (including phenoxy) is 3. The minimum atomic E-state index is -0.780. The summed E-state index contributed by atoms with van der Waals surface area (Å²) in [4.78, 5) is 39.4. The topological polar surface area (TPSA) is 93.7 Å². The van der Waals surface area contributed by atoms with E-state index >= 15 is 0 Å². The molecule has 52 heavy (non-hydrogen) atoms. The molecule has 0 aromatic heterocycles. The van der Waals surface area contributed by atoms with Crippen LogP contribution in [0.2, 0.25) is 0 Å². The standard InChI is InChI=1S/C41H57F2NO8/c1-21-7-9-30-23(3)32(46-34-19-38(5)13-11-28(21)40(30,34)51-49-38)18-33(47-37(45)44-27-16-25(42)15-26(43)17-27)36-24(4)31-10-8-22(2)29-12-14-39(6)20-35(48-36)41(29,31)52-50-39/h15-17,21-24,28-36H,7-14,18-20H2,1-6H3,(H,44,45)/t21-,22-,23-,24-,28+,29+,30+,31+,32-,33+,34-,35-,36?,38+,39+,40-,41-/m1/s1. The van der Waals surface area contributed by atoms with Crippen LogP contribution in [0.3, 0.4) is 0 Å². The molecule has 0 radical (unpaired) electrons. The van der Waals surface area contributed by atoms with Crippen molar-refractivity contribution >= 4 is 11.8 Å². The Morgan fingerprint density at radius 3 is 1.87 bits per heavy atom. The van der Waals surface area contributed by atoms with Gasteiger partial charge in [0, 0.05) is 31.0 Å². The number of halogens is 2. The number of amides is 1. The van der Waals surface area contributed by atoms with Gasteiger partial charge in [-0.3, -0.25) is 5.32 Å². The van der Waals surface area contributed by atoms with Crippen LogP contribution >= 0.6 is 0 Å². The van der Waals surface area contributed by atoms with E-state index in [9.17, 15) is 13.6 Å². The highest BCUT2D eigenvalue weighted by Gasteiger charge is 2.70. The summed E-state index contributed by atoms with van der Waals surface area (Å²) in [6.07, 6.45) is 7.47. The second-order valence-corrected chi connectivity index (χ2v) is 18.9. The van der Waals surface area contributed by atoms with Crippen LogP contribution in [0.15, 0.2) is 18.2 Å². The molecule has 4 saturated carbocycles. The minimum absolute atomic E-state index is 0.00653. The third-order valence-electron chi connectivity index (χ3n) is 15.8. The van der Waals surface area contributed by atoms with Crippen molar-refractivity contribution in [3.63, 3.8) is 0 Å². The zero-order valence-corrected chi connectivity index (χ0v) is 31.5. The van der Waals surface area contributed by atoms with E-state index in [1.165, 1.54) is 0 Å². The summed E-state index contributed by atoms with van der Waals surface area (Å²) in [6, 6.07) is 2.95. The number of nitrogens with one attached hydrogen (secondary N) is 1. The molecule has 4 bridgehead atoms.